The van der Waals surface area contributed by atoms with E-state index in [-0.39, 0.29) is 0 Å². The molecule has 4 aromatic rings. The molecular formula is C29H38N8O3S. The van der Waals surface area contributed by atoms with Crippen molar-refractivity contribution in [2.24, 2.45) is 5.92 Å². The number of hydrogen-bond donors (Lipinski definition) is 2. The molecule has 41 heavy (non-hydrogen) atoms. The highest BCUT2D eigenvalue weighted by Gasteiger charge is 2.27. The molecule has 4 heterocycles. The van der Waals surface area contributed by atoms with Crippen LogP contribution in [0, 0.1) is 19.8 Å². The summed E-state index contributed by atoms with van der Waals surface area (Å²) in [5, 5.41) is 11.4. The van der Waals surface area contributed by atoms with Crippen LogP contribution in [0.25, 0.3) is 10.9 Å². The van der Waals surface area contributed by atoms with Crippen LogP contribution in [0.2, 0.25) is 0 Å². The molecule has 12 heteroatoms. The third-order valence-corrected chi connectivity index (χ3v) is 9.31. The van der Waals surface area contributed by atoms with E-state index in [0.29, 0.717) is 46.1 Å². The van der Waals surface area contributed by atoms with Gasteiger partial charge < -0.3 is 19.7 Å². The number of nitrogens with one attached hydrogen (secondary N) is 2. The molecule has 0 saturated carbocycles. The second kappa shape index (κ2) is 12.0. The van der Waals surface area contributed by atoms with E-state index in [0.717, 1.165) is 54.9 Å². The van der Waals surface area contributed by atoms with E-state index < -0.39 is 15.5 Å². The van der Waals surface area contributed by atoms with E-state index in [9.17, 15) is 4.21 Å². The van der Waals surface area contributed by atoms with Crippen molar-refractivity contribution in [1.29, 1.82) is 0 Å². The fraction of sp³-hybridized carbons (Fsp3) is 0.483. The van der Waals surface area contributed by atoms with Crippen LogP contribution in [0.4, 0.5) is 17.6 Å². The number of nitrogens with zero attached hydrogens (tertiary/aromatic N) is 6. The number of rotatable bonds is 9. The lowest BCUT2D eigenvalue weighted by molar-refractivity contribution is 0.254. The molecule has 1 unspecified atom stereocenters. The summed E-state index contributed by atoms with van der Waals surface area (Å²) in [4.78, 5) is 20.7. The zero-order valence-corrected chi connectivity index (χ0v) is 25.3. The lowest BCUT2D eigenvalue weighted by Crippen LogP contribution is -2.35. The highest BCUT2D eigenvalue weighted by Crippen LogP contribution is 2.35. The third-order valence-electron chi connectivity index (χ3n) is 7.48. The standard InChI is InChI=1S/C29H38N8O3S/c1-18-19(2)35-36-26(18)34-27-22-13-25(41(38)29(3,4)5)24(14-23(22)32-17-33-27)40-12-9-20-7-10-37(11-8-20)28-30-15-21(39-6)16-31-28/h13-17,20H,7-12H2,1-6H3,(H2,32,33,34,35,36). The van der Waals surface area contributed by atoms with Crippen molar-refractivity contribution >= 4 is 39.3 Å². The van der Waals surface area contributed by atoms with E-state index in [4.69, 9.17) is 9.47 Å². The number of H-pyrrole nitrogens is 1. The van der Waals surface area contributed by atoms with Gasteiger partial charge in [0.1, 0.15) is 17.9 Å². The summed E-state index contributed by atoms with van der Waals surface area (Å²) < 4.78 is 24.7. The summed E-state index contributed by atoms with van der Waals surface area (Å²) in [5.41, 5.74) is 2.71. The number of aromatic amines is 1. The van der Waals surface area contributed by atoms with Crippen LogP contribution in [-0.2, 0) is 10.8 Å². The summed E-state index contributed by atoms with van der Waals surface area (Å²) in [6.45, 7) is 12.2. The lowest BCUT2D eigenvalue weighted by atomic mass is 9.94. The van der Waals surface area contributed by atoms with Gasteiger partial charge in [-0.15, -0.1) is 0 Å². The molecule has 2 N–H and O–H groups in total. The lowest BCUT2D eigenvalue weighted by Gasteiger charge is -2.32. The smallest absolute Gasteiger partial charge is 0.225 e. The predicted molar refractivity (Wildman–Crippen MR) is 161 cm³/mol. The Morgan fingerprint density at radius 2 is 1.80 bits per heavy atom. The molecule has 3 aromatic heterocycles. The minimum absolute atomic E-state index is 0.471. The normalized spacial score (nSPS) is 15.2. The summed E-state index contributed by atoms with van der Waals surface area (Å²) in [6.07, 6.45) is 7.90. The molecule has 5 rings (SSSR count). The molecule has 0 bridgehead atoms. The summed E-state index contributed by atoms with van der Waals surface area (Å²) in [5.74, 6) is 3.83. The second-order valence-corrected chi connectivity index (χ2v) is 13.6. The van der Waals surface area contributed by atoms with Gasteiger partial charge in [-0.1, -0.05) is 0 Å². The molecule has 218 valence electrons. The maximum absolute atomic E-state index is 13.7. The first-order valence-electron chi connectivity index (χ1n) is 13.9. The predicted octanol–water partition coefficient (Wildman–Crippen LogP) is 5.10. The number of ether oxygens (including phenoxy) is 2. The van der Waals surface area contributed by atoms with Crippen molar-refractivity contribution in [2.75, 3.05) is 37.0 Å². The topological polar surface area (TPSA) is 131 Å². The minimum Gasteiger partial charge on any atom is -0.494 e. The van der Waals surface area contributed by atoms with Crippen molar-refractivity contribution in [3.63, 3.8) is 0 Å². The number of benzene rings is 1. The number of aryl methyl sites for hydroxylation is 1. The van der Waals surface area contributed by atoms with Gasteiger partial charge >= 0.3 is 0 Å². The SMILES string of the molecule is COc1cnc(N2CCC(CCOc3cc4ncnc(Nc5n[nH]c(C)c5C)c4cc3S(=O)C(C)(C)C)CC2)nc1. The molecule has 1 aliphatic heterocycles. The molecule has 1 atom stereocenters. The molecule has 0 aliphatic carbocycles. The highest BCUT2D eigenvalue weighted by molar-refractivity contribution is 7.86. The quantitative estimate of drug-likeness (QED) is 0.276. The van der Waals surface area contributed by atoms with Crippen LogP contribution >= 0.6 is 0 Å². The van der Waals surface area contributed by atoms with Gasteiger partial charge in [-0.2, -0.15) is 5.10 Å². The Morgan fingerprint density at radius 1 is 1.07 bits per heavy atom. The van der Waals surface area contributed by atoms with Crippen LogP contribution in [0.15, 0.2) is 35.7 Å². The summed E-state index contributed by atoms with van der Waals surface area (Å²) in [6, 6.07) is 3.78. The monoisotopic (exact) mass is 578 g/mol. The molecule has 1 aromatic carbocycles. The zero-order chi connectivity index (χ0) is 29.1. The van der Waals surface area contributed by atoms with Gasteiger partial charge in [0.2, 0.25) is 5.95 Å². The zero-order valence-electron chi connectivity index (χ0n) is 24.5. The molecule has 11 nitrogen and oxygen atoms in total. The number of anilines is 3. The first kappa shape index (κ1) is 28.7. The van der Waals surface area contributed by atoms with E-state index in [1.165, 1.54) is 6.33 Å². The fourth-order valence-corrected chi connectivity index (χ4v) is 5.99. The Hall–Kier alpha value is -3.80. The van der Waals surface area contributed by atoms with Crippen LogP contribution in [0.3, 0.4) is 0 Å². The van der Waals surface area contributed by atoms with Crippen LogP contribution in [0.1, 0.15) is 51.3 Å². The Bertz CT molecular complexity index is 1530. The average molecular weight is 579 g/mol. The number of fused-ring (bicyclic) bond motifs is 1. The minimum atomic E-state index is -1.32. The van der Waals surface area contributed by atoms with Crippen molar-refractivity contribution < 1.29 is 13.7 Å². The van der Waals surface area contributed by atoms with E-state index in [2.05, 4.69) is 40.3 Å². The van der Waals surface area contributed by atoms with Crippen molar-refractivity contribution in [3.8, 4) is 11.5 Å². The molecule has 1 fully saturated rings. The summed E-state index contributed by atoms with van der Waals surface area (Å²) >= 11 is 0. The van der Waals surface area contributed by atoms with Crippen LogP contribution < -0.4 is 19.7 Å². The average Bonchev–Trinajstić information content (AvgIpc) is 3.28. The van der Waals surface area contributed by atoms with Gasteiger partial charge in [-0.05, 0) is 65.9 Å². The van der Waals surface area contributed by atoms with Crippen molar-refractivity contribution in [1.82, 2.24) is 30.1 Å². The Labute approximate surface area is 243 Å². The molecule has 1 saturated heterocycles. The van der Waals surface area contributed by atoms with Gasteiger partial charge in [0, 0.05) is 40.5 Å². The largest absolute Gasteiger partial charge is 0.494 e. The first-order valence-corrected chi connectivity index (χ1v) is 15.0. The van der Waals surface area contributed by atoms with Gasteiger partial charge in [0.25, 0.3) is 0 Å². The third kappa shape index (κ3) is 6.42. The van der Waals surface area contributed by atoms with Gasteiger partial charge in [-0.3, -0.25) is 9.31 Å². The number of hydrogen-bond acceptors (Lipinski definition) is 10. The van der Waals surface area contributed by atoms with E-state index in [1.54, 1.807) is 19.5 Å². The Balaban J connectivity index is 1.30. The van der Waals surface area contributed by atoms with E-state index >= 15 is 0 Å². The maximum Gasteiger partial charge on any atom is 0.225 e. The molecule has 0 amide bonds. The highest BCUT2D eigenvalue weighted by atomic mass is 32.2. The number of methoxy groups -OCH3 is 1. The second-order valence-electron chi connectivity index (χ2n) is 11.4. The molecule has 1 aliphatic rings. The molecule has 0 radical (unpaired) electrons. The first-order chi connectivity index (χ1) is 19.6. The number of aromatic nitrogens is 6. The van der Waals surface area contributed by atoms with Crippen molar-refractivity contribution in [3.05, 3.63) is 42.1 Å². The van der Waals surface area contributed by atoms with Gasteiger partial charge in [0.15, 0.2) is 11.6 Å². The molecular weight excluding hydrogens is 540 g/mol. The van der Waals surface area contributed by atoms with Gasteiger partial charge in [0.05, 0.1) is 47.3 Å². The fourth-order valence-electron chi connectivity index (χ4n) is 4.81. The van der Waals surface area contributed by atoms with Gasteiger partial charge in [-0.25, -0.2) is 19.9 Å². The van der Waals surface area contributed by atoms with E-state index in [1.807, 2.05) is 46.8 Å². The summed E-state index contributed by atoms with van der Waals surface area (Å²) in [7, 11) is 0.291. The Morgan fingerprint density at radius 3 is 2.44 bits per heavy atom. The maximum atomic E-state index is 13.7. The van der Waals surface area contributed by atoms with Crippen LogP contribution in [-0.4, -0.2) is 65.9 Å². The van der Waals surface area contributed by atoms with Crippen molar-refractivity contribution in [2.45, 2.75) is 63.5 Å². The Kier molecular flexibility index (Phi) is 8.39. The molecule has 0 spiro atoms. The number of piperidine rings is 1. The van der Waals surface area contributed by atoms with Crippen LogP contribution in [0.5, 0.6) is 11.5 Å².